The van der Waals surface area contributed by atoms with Crippen LogP contribution in [0, 0.1) is 0 Å². The first-order valence-electron chi connectivity index (χ1n) is 4.64. The van der Waals surface area contributed by atoms with Crippen LogP contribution in [-0.4, -0.2) is 32.3 Å². The molecular weight excluding hydrogens is 198 g/mol. The molecule has 0 aliphatic heterocycles. The van der Waals surface area contributed by atoms with Gasteiger partial charge in [-0.15, -0.1) is 0 Å². The third kappa shape index (κ3) is 4.09. The Morgan fingerprint density at radius 1 is 1.29 bits per heavy atom. The van der Waals surface area contributed by atoms with E-state index in [9.17, 15) is 0 Å². The van der Waals surface area contributed by atoms with Crippen molar-refractivity contribution in [3.05, 3.63) is 34.9 Å². The fraction of sp³-hybridized carbons (Fsp3) is 0.455. The molecule has 0 saturated heterocycles. The zero-order valence-electron chi connectivity index (χ0n) is 8.66. The number of benzene rings is 1. The average molecular weight is 214 g/mol. The molecule has 14 heavy (non-hydrogen) atoms. The van der Waals surface area contributed by atoms with Crippen LogP contribution in [0.2, 0.25) is 5.02 Å². The van der Waals surface area contributed by atoms with Crippen LogP contribution in [0.4, 0.5) is 0 Å². The maximum absolute atomic E-state index is 5.79. The van der Waals surface area contributed by atoms with Crippen LogP contribution in [0.25, 0.3) is 0 Å². The zero-order valence-corrected chi connectivity index (χ0v) is 9.42. The second kappa shape index (κ2) is 6.02. The van der Waals surface area contributed by atoms with Crippen LogP contribution < -0.4 is 0 Å². The fourth-order valence-corrected chi connectivity index (χ4v) is 1.38. The third-order valence-electron chi connectivity index (χ3n) is 2.04. The predicted octanol–water partition coefficient (Wildman–Crippen LogP) is 2.42. The maximum Gasteiger partial charge on any atom is 0.0984 e. The summed E-state index contributed by atoms with van der Waals surface area (Å²) in [5.74, 6) is 0. The lowest BCUT2D eigenvalue weighted by atomic mass is 10.1. The monoisotopic (exact) mass is 213 g/mol. The SMILES string of the molecule is COCN(C)CCc1ccc(Cl)cc1. The molecule has 0 heterocycles. The van der Waals surface area contributed by atoms with Crippen LogP contribution >= 0.6 is 11.6 Å². The Bertz CT molecular complexity index is 260. The molecule has 78 valence electrons. The fourth-order valence-electron chi connectivity index (χ4n) is 1.26. The van der Waals surface area contributed by atoms with E-state index < -0.39 is 0 Å². The molecule has 0 aliphatic rings. The van der Waals surface area contributed by atoms with Gasteiger partial charge in [0.25, 0.3) is 0 Å². The quantitative estimate of drug-likeness (QED) is 0.697. The van der Waals surface area contributed by atoms with Crippen LogP contribution in [0.3, 0.4) is 0 Å². The van der Waals surface area contributed by atoms with Gasteiger partial charge in [-0.1, -0.05) is 23.7 Å². The van der Waals surface area contributed by atoms with Crippen LogP contribution in [-0.2, 0) is 11.2 Å². The van der Waals surface area contributed by atoms with E-state index in [0.29, 0.717) is 6.73 Å². The van der Waals surface area contributed by atoms with E-state index >= 15 is 0 Å². The van der Waals surface area contributed by atoms with Gasteiger partial charge in [0.05, 0.1) is 6.73 Å². The molecule has 0 aliphatic carbocycles. The maximum atomic E-state index is 5.79. The number of rotatable bonds is 5. The summed E-state index contributed by atoms with van der Waals surface area (Å²) in [6.07, 6.45) is 1.02. The Kier molecular flexibility index (Phi) is 4.94. The van der Waals surface area contributed by atoms with E-state index in [1.807, 2.05) is 19.2 Å². The van der Waals surface area contributed by atoms with Gasteiger partial charge in [0.2, 0.25) is 0 Å². The summed E-state index contributed by atoms with van der Waals surface area (Å²) in [7, 11) is 3.75. The van der Waals surface area contributed by atoms with Crippen LogP contribution in [0.5, 0.6) is 0 Å². The predicted molar refractivity (Wildman–Crippen MR) is 59.7 cm³/mol. The average Bonchev–Trinajstić information content (AvgIpc) is 2.17. The first-order chi connectivity index (χ1) is 6.72. The number of hydrogen-bond donors (Lipinski definition) is 0. The van der Waals surface area contributed by atoms with Crippen molar-refractivity contribution in [3.63, 3.8) is 0 Å². The van der Waals surface area contributed by atoms with E-state index in [4.69, 9.17) is 16.3 Å². The van der Waals surface area contributed by atoms with Gasteiger partial charge in [0.15, 0.2) is 0 Å². The summed E-state index contributed by atoms with van der Waals surface area (Å²) < 4.78 is 5.02. The van der Waals surface area contributed by atoms with E-state index in [2.05, 4.69) is 17.0 Å². The molecule has 0 radical (unpaired) electrons. The van der Waals surface area contributed by atoms with E-state index in [1.54, 1.807) is 7.11 Å². The normalized spacial score (nSPS) is 10.9. The van der Waals surface area contributed by atoms with Crippen molar-refractivity contribution in [2.45, 2.75) is 6.42 Å². The van der Waals surface area contributed by atoms with Crippen LogP contribution in [0.15, 0.2) is 24.3 Å². The Labute approximate surface area is 90.4 Å². The standard InChI is InChI=1S/C11H16ClNO/c1-13(9-14-2)8-7-10-3-5-11(12)6-4-10/h3-6H,7-9H2,1-2H3. The number of hydrogen-bond acceptors (Lipinski definition) is 2. The minimum absolute atomic E-state index is 0.674. The molecule has 0 spiro atoms. The highest BCUT2D eigenvalue weighted by atomic mass is 35.5. The lowest BCUT2D eigenvalue weighted by Crippen LogP contribution is -2.23. The molecular formula is C11H16ClNO. The first kappa shape index (κ1) is 11.5. The number of halogens is 1. The van der Waals surface area contributed by atoms with Crippen LogP contribution in [0.1, 0.15) is 5.56 Å². The van der Waals surface area contributed by atoms with E-state index in [-0.39, 0.29) is 0 Å². The van der Waals surface area contributed by atoms with Gasteiger partial charge in [-0.25, -0.2) is 0 Å². The van der Waals surface area contributed by atoms with Crippen molar-refractivity contribution < 1.29 is 4.74 Å². The van der Waals surface area contributed by atoms with Crippen molar-refractivity contribution in [2.75, 3.05) is 27.4 Å². The molecule has 0 saturated carbocycles. The lowest BCUT2D eigenvalue weighted by Gasteiger charge is -2.14. The number of likely N-dealkylation sites (N-methyl/N-ethyl adjacent to an activating group) is 1. The highest BCUT2D eigenvalue weighted by Crippen LogP contribution is 2.09. The summed E-state index contributed by atoms with van der Waals surface area (Å²) in [4.78, 5) is 2.13. The molecule has 1 aromatic carbocycles. The minimum atomic E-state index is 0.674. The number of methoxy groups -OCH3 is 1. The Hall–Kier alpha value is -0.570. The number of nitrogens with zero attached hydrogens (tertiary/aromatic N) is 1. The summed E-state index contributed by atoms with van der Waals surface area (Å²) >= 11 is 5.79. The molecule has 0 bridgehead atoms. The van der Waals surface area contributed by atoms with Gasteiger partial charge in [-0.05, 0) is 31.2 Å². The second-order valence-electron chi connectivity index (χ2n) is 3.37. The Balaban J connectivity index is 2.34. The van der Waals surface area contributed by atoms with Crippen molar-refractivity contribution in [2.24, 2.45) is 0 Å². The smallest absolute Gasteiger partial charge is 0.0984 e. The summed E-state index contributed by atoms with van der Waals surface area (Å²) in [5.41, 5.74) is 1.30. The summed E-state index contributed by atoms with van der Waals surface area (Å²) in [5, 5.41) is 0.791. The molecule has 0 atom stereocenters. The molecule has 0 fully saturated rings. The first-order valence-corrected chi connectivity index (χ1v) is 5.02. The highest BCUT2D eigenvalue weighted by molar-refractivity contribution is 6.30. The largest absolute Gasteiger partial charge is 0.369 e. The minimum Gasteiger partial charge on any atom is -0.369 e. The van der Waals surface area contributed by atoms with Gasteiger partial charge < -0.3 is 4.74 Å². The van der Waals surface area contributed by atoms with E-state index in [0.717, 1.165) is 18.0 Å². The summed E-state index contributed by atoms with van der Waals surface area (Å²) in [6.45, 7) is 1.67. The lowest BCUT2D eigenvalue weighted by molar-refractivity contribution is 0.0827. The molecule has 3 heteroatoms. The Morgan fingerprint density at radius 3 is 2.50 bits per heavy atom. The zero-order chi connectivity index (χ0) is 10.4. The molecule has 0 N–H and O–H groups in total. The third-order valence-corrected chi connectivity index (χ3v) is 2.30. The topological polar surface area (TPSA) is 12.5 Å². The number of ether oxygens (including phenoxy) is 1. The second-order valence-corrected chi connectivity index (χ2v) is 3.81. The highest BCUT2D eigenvalue weighted by Gasteiger charge is 1.98. The molecule has 2 nitrogen and oxygen atoms in total. The van der Waals surface area contributed by atoms with E-state index in [1.165, 1.54) is 5.56 Å². The molecule has 0 amide bonds. The Morgan fingerprint density at radius 2 is 1.93 bits per heavy atom. The molecule has 1 rings (SSSR count). The van der Waals surface area contributed by atoms with Crippen molar-refractivity contribution in [1.82, 2.24) is 4.90 Å². The van der Waals surface area contributed by atoms with Crippen molar-refractivity contribution in [1.29, 1.82) is 0 Å². The summed E-state index contributed by atoms with van der Waals surface area (Å²) in [6, 6.07) is 7.96. The van der Waals surface area contributed by atoms with Gasteiger partial charge in [0, 0.05) is 18.7 Å². The van der Waals surface area contributed by atoms with Gasteiger partial charge in [-0.3, -0.25) is 4.90 Å². The van der Waals surface area contributed by atoms with Gasteiger partial charge >= 0.3 is 0 Å². The van der Waals surface area contributed by atoms with Crippen molar-refractivity contribution >= 4 is 11.6 Å². The van der Waals surface area contributed by atoms with Crippen molar-refractivity contribution in [3.8, 4) is 0 Å². The van der Waals surface area contributed by atoms with Gasteiger partial charge in [0.1, 0.15) is 0 Å². The molecule has 1 aromatic rings. The molecule has 0 aromatic heterocycles. The van der Waals surface area contributed by atoms with Gasteiger partial charge in [-0.2, -0.15) is 0 Å². The molecule has 0 unspecified atom stereocenters.